The number of hydrogen-bond acceptors (Lipinski definition) is 8. The Bertz CT molecular complexity index is 1490. The maximum Gasteiger partial charge on any atom is 0.237 e. The number of nitrogens with zero attached hydrogens (tertiary/aromatic N) is 8. The van der Waals surface area contributed by atoms with Gasteiger partial charge in [0, 0.05) is 68.0 Å². The van der Waals surface area contributed by atoms with E-state index in [9.17, 15) is 4.79 Å². The molecule has 0 spiro atoms. The van der Waals surface area contributed by atoms with Gasteiger partial charge in [-0.05, 0) is 53.5 Å². The van der Waals surface area contributed by atoms with Crippen molar-refractivity contribution in [3.05, 3.63) is 60.5 Å². The lowest BCUT2D eigenvalue weighted by Gasteiger charge is -2.42. The molecule has 3 aromatic heterocycles. The van der Waals surface area contributed by atoms with Gasteiger partial charge in [-0.2, -0.15) is 0 Å². The summed E-state index contributed by atoms with van der Waals surface area (Å²) in [6, 6.07) is 13.1. The first-order chi connectivity index (χ1) is 18.6. The highest BCUT2D eigenvalue weighted by molar-refractivity contribution is 5.90. The third kappa shape index (κ3) is 4.05. The minimum absolute atomic E-state index is 0.212. The molecule has 6 heterocycles. The number of amides is 1. The molecule has 0 N–H and O–H groups in total. The summed E-state index contributed by atoms with van der Waals surface area (Å²) in [7, 11) is 1.82. The maximum atomic E-state index is 13.2. The van der Waals surface area contributed by atoms with Crippen LogP contribution in [0.2, 0.25) is 0 Å². The zero-order valence-corrected chi connectivity index (χ0v) is 21.4. The van der Waals surface area contributed by atoms with Crippen molar-refractivity contribution in [1.29, 1.82) is 0 Å². The van der Waals surface area contributed by atoms with Crippen molar-refractivity contribution < 1.29 is 9.21 Å². The number of pyridine rings is 1. The summed E-state index contributed by atoms with van der Waals surface area (Å²) in [5.74, 6) is 1.90. The van der Waals surface area contributed by atoms with E-state index in [1.807, 2.05) is 30.3 Å². The van der Waals surface area contributed by atoms with Crippen molar-refractivity contribution in [2.75, 3.05) is 37.6 Å². The second kappa shape index (κ2) is 9.36. The van der Waals surface area contributed by atoms with E-state index in [1.165, 1.54) is 5.57 Å². The number of benzene rings is 1. The van der Waals surface area contributed by atoms with Gasteiger partial charge in [0.1, 0.15) is 11.4 Å². The van der Waals surface area contributed by atoms with Crippen LogP contribution in [0, 0.1) is 0 Å². The number of anilines is 1. The quantitative estimate of drug-likeness (QED) is 0.404. The number of likely N-dealkylation sites (tertiary alicyclic amines) is 1. The highest BCUT2D eigenvalue weighted by Crippen LogP contribution is 2.35. The van der Waals surface area contributed by atoms with Gasteiger partial charge in [0.25, 0.3) is 0 Å². The first-order valence-corrected chi connectivity index (χ1v) is 13.3. The molecule has 3 aliphatic rings. The molecular formula is C28H30N8O2. The Labute approximate surface area is 220 Å². The minimum atomic E-state index is 0.212. The minimum Gasteiger partial charge on any atom is -0.464 e. The fourth-order valence-corrected chi connectivity index (χ4v) is 6.32. The highest BCUT2D eigenvalue weighted by Gasteiger charge is 2.41. The van der Waals surface area contributed by atoms with Crippen LogP contribution in [0.1, 0.15) is 24.8 Å². The van der Waals surface area contributed by atoms with Crippen LogP contribution in [-0.4, -0.2) is 85.7 Å². The molecule has 38 heavy (non-hydrogen) atoms. The van der Waals surface area contributed by atoms with Crippen LogP contribution in [0.5, 0.6) is 0 Å². The van der Waals surface area contributed by atoms with Crippen LogP contribution >= 0.6 is 0 Å². The van der Waals surface area contributed by atoms with Gasteiger partial charge in [-0.25, -0.2) is 9.67 Å². The van der Waals surface area contributed by atoms with Crippen LogP contribution < -0.4 is 4.90 Å². The van der Waals surface area contributed by atoms with Crippen LogP contribution in [0.4, 0.5) is 5.82 Å². The number of piperazine rings is 1. The number of hydrogen-bond donors (Lipinski definition) is 0. The molecule has 1 amide bonds. The molecule has 7 rings (SSSR count). The summed E-state index contributed by atoms with van der Waals surface area (Å²) in [5.41, 5.74) is 4.23. The lowest BCUT2D eigenvalue weighted by atomic mass is 9.98. The van der Waals surface area contributed by atoms with E-state index in [0.29, 0.717) is 31.0 Å². The standard InChI is InChI=1S/C28H30N8O2/c1-33-28(30-31-32-33)21-5-8-25(29-15-21)36-22-6-7-23(36)17-34(16-22)18-26(37)35-12-9-19(10-13-35)24-4-2-3-20-11-14-38-27(20)24/h2-5,8-9,11,14-15,22-23H,6-7,10,12-13,16-18H2,1H3. The molecule has 0 aliphatic carbocycles. The number of carbonyl (C=O) groups excluding carboxylic acids is 1. The number of carbonyl (C=O) groups is 1. The predicted octanol–water partition coefficient (Wildman–Crippen LogP) is 2.99. The van der Waals surface area contributed by atoms with E-state index < -0.39 is 0 Å². The van der Waals surface area contributed by atoms with Gasteiger partial charge in [0.05, 0.1) is 12.8 Å². The number of aryl methyl sites for hydroxylation is 1. The lowest BCUT2D eigenvalue weighted by Crippen LogP contribution is -2.56. The van der Waals surface area contributed by atoms with Crippen molar-refractivity contribution in [1.82, 2.24) is 35.0 Å². The number of para-hydroxylation sites is 1. The molecule has 0 saturated carbocycles. The van der Waals surface area contributed by atoms with Gasteiger partial charge in [-0.1, -0.05) is 24.3 Å². The Morgan fingerprint density at radius 2 is 1.97 bits per heavy atom. The van der Waals surface area contributed by atoms with E-state index >= 15 is 0 Å². The van der Waals surface area contributed by atoms with Crippen molar-refractivity contribution in [3.8, 4) is 11.4 Å². The normalized spacial score (nSPS) is 21.8. The molecule has 3 aliphatic heterocycles. The zero-order valence-electron chi connectivity index (χ0n) is 21.4. The van der Waals surface area contributed by atoms with Gasteiger partial charge < -0.3 is 14.2 Å². The van der Waals surface area contributed by atoms with E-state index in [-0.39, 0.29) is 5.91 Å². The third-order valence-corrected chi connectivity index (χ3v) is 8.19. The average Bonchev–Trinajstić information content (AvgIpc) is 3.66. The Balaban J connectivity index is 0.982. The Morgan fingerprint density at radius 1 is 1.11 bits per heavy atom. The summed E-state index contributed by atoms with van der Waals surface area (Å²) < 4.78 is 7.37. The van der Waals surface area contributed by atoms with Gasteiger partial charge in [-0.3, -0.25) is 9.69 Å². The van der Waals surface area contributed by atoms with E-state index in [0.717, 1.165) is 66.8 Å². The summed E-state index contributed by atoms with van der Waals surface area (Å²) in [6.07, 6.45) is 8.87. The first-order valence-electron chi connectivity index (χ1n) is 13.3. The van der Waals surface area contributed by atoms with E-state index in [1.54, 1.807) is 10.9 Å². The second-order valence-corrected chi connectivity index (χ2v) is 10.5. The molecule has 0 radical (unpaired) electrons. The molecule has 2 atom stereocenters. The van der Waals surface area contributed by atoms with E-state index in [4.69, 9.17) is 9.40 Å². The second-order valence-electron chi connectivity index (χ2n) is 10.5. The monoisotopic (exact) mass is 510 g/mol. The average molecular weight is 511 g/mol. The van der Waals surface area contributed by atoms with Crippen LogP contribution in [0.15, 0.2) is 59.4 Å². The Morgan fingerprint density at radius 3 is 2.68 bits per heavy atom. The van der Waals surface area contributed by atoms with Crippen LogP contribution in [0.3, 0.4) is 0 Å². The van der Waals surface area contributed by atoms with Crippen LogP contribution in [-0.2, 0) is 11.8 Å². The summed E-state index contributed by atoms with van der Waals surface area (Å²) in [5, 5.41) is 12.8. The first kappa shape index (κ1) is 23.1. The number of furan rings is 1. The van der Waals surface area contributed by atoms with Gasteiger partial charge in [0.15, 0.2) is 5.82 Å². The lowest BCUT2D eigenvalue weighted by molar-refractivity contribution is -0.132. The van der Waals surface area contributed by atoms with Gasteiger partial charge in [-0.15, -0.1) is 5.10 Å². The number of tetrazole rings is 1. The van der Waals surface area contributed by atoms with Crippen molar-refractivity contribution >= 4 is 28.3 Å². The summed E-state index contributed by atoms with van der Waals surface area (Å²) >= 11 is 0. The van der Waals surface area contributed by atoms with Crippen molar-refractivity contribution in [2.45, 2.75) is 31.3 Å². The van der Waals surface area contributed by atoms with Crippen LogP contribution in [0.25, 0.3) is 27.9 Å². The van der Waals surface area contributed by atoms with Gasteiger partial charge >= 0.3 is 0 Å². The molecule has 2 bridgehead atoms. The largest absolute Gasteiger partial charge is 0.464 e. The molecule has 2 fully saturated rings. The summed E-state index contributed by atoms with van der Waals surface area (Å²) in [4.78, 5) is 24.8. The van der Waals surface area contributed by atoms with Crippen molar-refractivity contribution in [2.24, 2.45) is 7.05 Å². The van der Waals surface area contributed by atoms with Gasteiger partial charge in [0.2, 0.25) is 5.91 Å². The molecule has 10 nitrogen and oxygen atoms in total. The fourth-order valence-electron chi connectivity index (χ4n) is 6.32. The molecule has 4 aromatic rings. The number of rotatable bonds is 5. The highest BCUT2D eigenvalue weighted by atomic mass is 16.3. The number of fused-ring (bicyclic) bond motifs is 3. The summed E-state index contributed by atoms with van der Waals surface area (Å²) in [6.45, 7) is 3.63. The number of aromatic nitrogens is 5. The zero-order chi connectivity index (χ0) is 25.6. The topological polar surface area (TPSA) is 96.4 Å². The van der Waals surface area contributed by atoms with E-state index in [2.05, 4.69) is 55.7 Å². The molecule has 2 saturated heterocycles. The predicted molar refractivity (Wildman–Crippen MR) is 143 cm³/mol. The molecule has 2 unspecified atom stereocenters. The SMILES string of the molecule is Cn1nnnc1-c1ccc(N2C3CCC2CN(CC(=O)N2CC=C(c4cccc5ccoc45)CC2)C3)nc1. The third-order valence-electron chi connectivity index (χ3n) is 8.19. The Kier molecular flexibility index (Phi) is 5.69. The fraction of sp³-hybridized carbons (Fsp3) is 0.393. The molecule has 194 valence electrons. The molecule has 1 aromatic carbocycles. The maximum absolute atomic E-state index is 13.2. The smallest absolute Gasteiger partial charge is 0.237 e. The Hall–Kier alpha value is -4.05. The molecular weight excluding hydrogens is 480 g/mol. The molecule has 10 heteroatoms. The van der Waals surface area contributed by atoms with Crippen molar-refractivity contribution in [3.63, 3.8) is 0 Å².